The molecule has 1 aliphatic heterocycles. The number of ketones is 2. The van der Waals surface area contributed by atoms with Crippen molar-refractivity contribution >= 4 is 38.9 Å². The summed E-state index contributed by atoms with van der Waals surface area (Å²) in [6.45, 7) is 6.41. The first-order chi connectivity index (χ1) is 13.6. The van der Waals surface area contributed by atoms with E-state index in [4.69, 9.17) is 0 Å². The predicted octanol–water partition coefficient (Wildman–Crippen LogP) is 3.61. The van der Waals surface area contributed by atoms with Crippen molar-refractivity contribution in [1.29, 1.82) is 0 Å². The van der Waals surface area contributed by atoms with E-state index < -0.39 is 6.04 Å². The highest BCUT2D eigenvalue weighted by Crippen LogP contribution is 2.27. The highest BCUT2D eigenvalue weighted by Gasteiger charge is 2.42. The minimum Gasteiger partial charge on any atom is -0.301 e. The lowest BCUT2D eigenvalue weighted by Crippen LogP contribution is -2.58. The number of halogens is 1. The van der Waals surface area contributed by atoms with Crippen LogP contribution >= 0.6 is 15.9 Å². The SMILES string of the molecule is CCN1CCN(C2C(=O)c3ccccc3C(=O)C2=Nc2ccc(Br)cc2)CC1. The van der Waals surface area contributed by atoms with Crippen LogP contribution in [-0.4, -0.2) is 65.8 Å². The summed E-state index contributed by atoms with van der Waals surface area (Å²) in [4.78, 5) is 35.8. The van der Waals surface area contributed by atoms with Gasteiger partial charge in [0.25, 0.3) is 0 Å². The van der Waals surface area contributed by atoms with Crippen molar-refractivity contribution in [2.45, 2.75) is 13.0 Å². The largest absolute Gasteiger partial charge is 0.301 e. The van der Waals surface area contributed by atoms with Gasteiger partial charge in [-0.25, -0.2) is 4.99 Å². The number of likely N-dealkylation sites (N-methyl/N-ethyl adjacent to an activating group) is 1. The Hall–Kier alpha value is -2.15. The minimum atomic E-state index is -0.620. The average Bonchev–Trinajstić information content (AvgIpc) is 2.74. The molecular weight excluding hydrogens is 418 g/mol. The number of fused-ring (bicyclic) bond motifs is 1. The molecule has 0 N–H and O–H groups in total. The van der Waals surface area contributed by atoms with Crippen LogP contribution in [0.1, 0.15) is 27.6 Å². The van der Waals surface area contributed by atoms with Crippen LogP contribution in [0.5, 0.6) is 0 Å². The zero-order valence-electron chi connectivity index (χ0n) is 15.8. The maximum absolute atomic E-state index is 13.4. The quantitative estimate of drug-likeness (QED) is 0.732. The van der Waals surface area contributed by atoms with Gasteiger partial charge in [0.1, 0.15) is 11.8 Å². The molecule has 4 rings (SSSR count). The molecule has 0 radical (unpaired) electrons. The number of Topliss-reactive ketones (excluding diaryl/α,β-unsaturated/α-hetero) is 2. The van der Waals surface area contributed by atoms with E-state index in [2.05, 4.69) is 37.6 Å². The van der Waals surface area contributed by atoms with E-state index in [0.29, 0.717) is 22.5 Å². The lowest BCUT2D eigenvalue weighted by molar-refractivity contribution is 0.0756. The molecule has 1 saturated heterocycles. The number of rotatable bonds is 3. The Morgan fingerprint density at radius 3 is 2.25 bits per heavy atom. The van der Waals surface area contributed by atoms with Gasteiger partial charge in [-0.3, -0.25) is 14.5 Å². The van der Waals surface area contributed by atoms with Crippen LogP contribution < -0.4 is 0 Å². The van der Waals surface area contributed by atoms with Gasteiger partial charge < -0.3 is 4.90 Å². The molecule has 2 aromatic carbocycles. The summed E-state index contributed by atoms with van der Waals surface area (Å²) in [6.07, 6.45) is 0. The van der Waals surface area contributed by atoms with Gasteiger partial charge in [0.2, 0.25) is 5.78 Å². The van der Waals surface area contributed by atoms with E-state index in [1.165, 1.54) is 0 Å². The van der Waals surface area contributed by atoms with Crippen molar-refractivity contribution in [2.75, 3.05) is 32.7 Å². The van der Waals surface area contributed by atoms with E-state index in [1.54, 1.807) is 18.2 Å². The first kappa shape index (κ1) is 19.2. The number of carbonyl (C=O) groups excluding carboxylic acids is 2. The first-order valence-electron chi connectivity index (χ1n) is 9.57. The van der Waals surface area contributed by atoms with Gasteiger partial charge in [-0.15, -0.1) is 0 Å². The number of aliphatic imine (C=N–C) groups is 1. The van der Waals surface area contributed by atoms with Crippen molar-refractivity contribution in [2.24, 2.45) is 4.99 Å². The van der Waals surface area contributed by atoms with Gasteiger partial charge in [-0.1, -0.05) is 47.1 Å². The Balaban J connectivity index is 1.77. The molecule has 28 heavy (non-hydrogen) atoms. The minimum absolute atomic E-state index is 0.0315. The number of benzene rings is 2. The molecule has 0 aromatic heterocycles. The maximum Gasteiger partial charge on any atom is 0.210 e. The summed E-state index contributed by atoms with van der Waals surface area (Å²) >= 11 is 3.42. The van der Waals surface area contributed by atoms with Gasteiger partial charge >= 0.3 is 0 Å². The topological polar surface area (TPSA) is 53.0 Å². The second kappa shape index (κ2) is 8.07. The van der Waals surface area contributed by atoms with Crippen LogP contribution in [0.15, 0.2) is 58.0 Å². The summed E-state index contributed by atoms with van der Waals surface area (Å²) in [5, 5.41) is 0. The Morgan fingerprint density at radius 1 is 0.964 bits per heavy atom. The van der Waals surface area contributed by atoms with Crippen molar-refractivity contribution in [1.82, 2.24) is 9.80 Å². The van der Waals surface area contributed by atoms with Crippen LogP contribution in [0.4, 0.5) is 5.69 Å². The standard InChI is InChI=1S/C22H22BrN3O2/c1-2-25-11-13-26(14-12-25)20-19(24-16-9-7-15(23)8-10-16)21(27)17-5-3-4-6-18(17)22(20)28/h3-10,20H,2,11-14H2,1H3. The molecule has 5 nitrogen and oxygen atoms in total. The molecule has 2 aromatic rings. The van der Waals surface area contributed by atoms with Crippen LogP contribution in [0.25, 0.3) is 0 Å². The van der Waals surface area contributed by atoms with E-state index in [1.807, 2.05) is 30.3 Å². The number of hydrogen-bond acceptors (Lipinski definition) is 5. The predicted molar refractivity (Wildman–Crippen MR) is 114 cm³/mol. The lowest BCUT2D eigenvalue weighted by atomic mass is 9.83. The monoisotopic (exact) mass is 439 g/mol. The number of carbonyl (C=O) groups is 2. The average molecular weight is 440 g/mol. The van der Waals surface area contributed by atoms with Gasteiger partial charge in [0.15, 0.2) is 5.78 Å². The van der Waals surface area contributed by atoms with E-state index in [-0.39, 0.29) is 11.6 Å². The Morgan fingerprint density at radius 2 is 1.61 bits per heavy atom. The Kier molecular flexibility index (Phi) is 5.53. The zero-order valence-corrected chi connectivity index (χ0v) is 17.4. The molecule has 2 aliphatic rings. The summed E-state index contributed by atoms with van der Waals surface area (Å²) in [6, 6.07) is 13.9. The Bertz CT molecular complexity index is 931. The third-order valence-electron chi connectivity index (χ3n) is 5.47. The van der Waals surface area contributed by atoms with Crippen LogP contribution in [0.2, 0.25) is 0 Å². The Labute approximate surface area is 173 Å². The molecule has 0 amide bonds. The third kappa shape index (κ3) is 3.60. The first-order valence-corrected chi connectivity index (χ1v) is 10.4. The van der Waals surface area contributed by atoms with Crippen molar-refractivity contribution < 1.29 is 9.59 Å². The van der Waals surface area contributed by atoms with E-state index in [9.17, 15) is 9.59 Å². The molecule has 1 aliphatic carbocycles. The molecule has 1 atom stereocenters. The zero-order chi connectivity index (χ0) is 19.7. The molecule has 1 fully saturated rings. The number of piperazine rings is 1. The molecule has 144 valence electrons. The second-order valence-corrected chi connectivity index (χ2v) is 8.00. The maximum atomic E-state index is 13.4. The second-order valence-electron chi connectivity index (χ2n) is 7.09. The molecule has 0 spiro atoms. The summed E-state index contributed by atoms with van der Waals surface area (Å²) in [5.74, 6) is -0.183. The van der Waals surface area contributed by atoms with Crippen LogP contribution in [0.3, 0.4) is 0 Å². The van der Waals surface area contributed by atoms with Crippen LogP contribution in [0, 0.1) is 0 Å². The third-order valence-corrected chi connectivity index (χ3v) is 6.00. The molecule has 1 heterocycles. The summed E-state index contributed by atoms with van der Waals surface area (Å²) in [5.41, 5.74) is 1.96. The molecule has 0 bridgehead atoms. The molecule has 0 saturated carbocycles. The molecular formula is C22H22BrN3O2. The normalized spacial score (nSPS) is 22.5. The van der Waals surface area contributed by atoms with Crippen molar-refractivity contribution in [3.63, 3.8) is 0 Å². The summed E-state index contributed by atoms with van der Waals surface area (Å²) in [7, 11) is 0. The highest BCUT2D eigenvalue weighted by atomic mass is 79.9. The molecule has 1 unspecified atom stereocenters. The molecule has 6 heteroatoms. The van der Waals surface area contributed by atoms with Gasteiger partial charge in [-0.2, -0.15) is 0 Å². The van der Waals surface area contributed by atoms with Gasteiger partial charge in [0.05, 0.1) is 5.69 Å². The van der Waals surface area contributed by atoms with Crippen LogP contribution in [-0.2, 0) is 0 Å². The fraction of sp³-hybridized carbons (Fsp3) is 0.318. The number of nitrogens with zero attached hydrogens (tertiary/aromatic N) is 3. The fourth-order valence-corrected chi connectivity index (χ4v) is 4.14. The van der Waals surface area contributed by atoms with E-state index in [0.717, 1.165) is 37.2 Å². The van der Waals surface area contributed by atoms with Gasteiger partial charge in [0, 0.05) is 41.8 Å². The van der Waals surface area contributed by atoms with Crippen molar-refractivity contribution in [3.05, 3.63) is 64.1 Å². The van der Waals surface area contributed by atoms with E-state index >= 15 is 0 Å². The number of hydrogen-bond donors (Lipinski definition) is 0. The summed E-state index contributed by atoms with van der Waals surface area (Å²) < 4.78 is 0.945. The highest BCUT2D eigenvalue weighted by molar-refractivity contribution is 9.10. The fourth-order valence-electron chi connectivity index (χ4n) is 3.87. The lowest BCUT2D eigenvalue weighted by Gasteiger charge is -2.39. The van der Waals surface area contributed by atoms with Crippen molar-refractivity contribution in [3.8, 4) is 0 Å². The van der Waals surface area contributed by atoms with Gasteiger partial charge in [-0.05, 0) is 30.8 Å². The smallest absolute Gasteiger partial charge is 0.210 e.